The number of aryl methyl sites for hydroxylation is 1. The van der Waals surface area contributed by atoms with Crippen molar-refractivity contribution < 1.29 is 4.79 Å². The Balaban J connectivity index is 1.81. The molecule has 0 saturated heterocycles. The molecule has 1 aliphatic heterocycles. The summed E-state index contributed by atoms with van der Waals surface area (Å²) in [6.07, 6.45) is 1.99. The molecule has 3 rings (SSSR count). The summed E-state index contributed by atoms with van der Waals surface area (Å²) in [4.78, 5) is 11.4. The van der Waals surface area contributed by atoms with Crippen LogP contribution in [0.15, 0.2) is 42.5 Å². The molecule has 1 N–H and O–H groups in total. The maximum Gasteiger partial charge on any atom is 0.224 e. The van der Waals surface area contributed by atoms with Crippen molar-refractivity contribution in [1.29, 1.82) is 0 Å². The van der Waals surface area contributed by atoms with E-state index in [-0.39, 0.29) is 11.3 Å². The molecule has 2 aromatic rings. The van der Waals surface area contributed by atoms with Crippen LogP contribution in [0.25, 0.3) is 0 Å². The SMILES string of the molecule is O=C1CCc2cc(C(Cl)Cc3ccccc3Cl)ccc2N1. The van der Waals surface area contributed by atoms with E-state index in [4.69, 9.17) is 23.2 Å². The Labute approximate surface area is 134 Å². The molecule has 0 saturated carbocycles. The number of rotatable bonds is 3. The highest BCUT2D eigenvalue weighted by atomic mass is 35.5. The van der Waals surface area contributed by atoms with Crippen LogP contribution in [0.3, 0.4) is 0 Å². The van der Waals surface area contributed by atoms with Gasteiger partial charge in [-0.25, -0.2) is 0 Å². The average molecular weight is 320 g/mol. The minimum absolute atomic E-state index is 0.0775. The Morgan fingerprint density at radius 1 is 1.14 bits per heavy atom. The van der Waals surface area contributed by atoms with E-state index in [1.54, 1.807) is 0 Å². The molecule has 1 aliphatic rings. The van der Waals surface area contributed by atoms with Gasteiger partial charge in [-0.3, -0.25) is 4.79 Å². The normalized spacial score (nSPS) is 15.2. The van der Waals surface area contributed by atoms with Crippen LogP contribution in [0.5, 0.6) is 0 Å². The molecular formula is C17H15Cl2NO. The number of hydrogen-bond donors (Lipinski definition) is 1. The monoisotopic (exact) mass is 319 g/mol. The molecule has 4 heteroatoms. The van der Waals surface area contributed by atoms with Gasteiger partial charge in [0.1, 0.15) is 0 Å². The van der Waals surface area contributed by atoms with Gasteiger partial charge in [-0.15, -0.1) is 11.6 Å². The van der Waals surface area contributed by atoms with Crippen molar-refractivity contribution in [3.8, 4) is 0 Å². The van der Waals surface area contributed by atoms with Crippen LogP contribution in [-0.2, 0) is 17.6 Å². The summed E-state index contributed by atoms with van der Waals surface area (Å²) in [5.41, 5.74) is 4.16. The highest BCUT2D eigenvalue weighted by Crippen LogP contribution is 2.32. The molecule has 1 amide bonds. The standard InChI is InChI=1S/C17H15Cl2NO/c18-14-4-2-1-3-11(14)10-15(19)12-5-7-16-13(9-12)6-8-17(21)20-16/h1-5,7,9,15H,6,8,10H2,(H,20,21). The lowest BCUT2D eigenvalue weighted by atomic mass is 9.97. The molecule has 0 aliphatic carbocycles. The lowest BCUT2D eigenvalue weighted by Crippen LogP contribution is -2.19. The molecule has 2 nitrogen and oxygen atoms in total. The molecule has 2 aromatic carbocycles. The fourth-order valence-corrected chi connectivity index (χ4v) is 3.09. The Morgan fingerprint density at radius 2 is 1.95 bits per heavy atom. The number of carbonyl (C=O) groups excluding carboxylic acids is 1. The van der Waals surface area contributed by atoms with Crippen molar-refractivity contribution in [2.75, 3.05) is 5.32 Å². The largest absolute Gasteiger partial charge is 0.326 e. The summed E-state index contributed by atoms with van der Waals surface area (Å²) < 4.78 is 0. The molecule has 108 valence electrons. The van der Waals surface area contributed by atoms with Crippen LogP contribution in [0.2, 0.25) is 5.02 Å². The summed E-state index contributed by atoms with van der Waals surface area (Å²) in [6, 6.07) is 13.7. The summed E-state index contributed by atoms with van der Waals surface area (Å²) in [5.74, 6) is 0.0775. The molecule has 0 radical (unpaired) electrons. The number of benzene rings is 2. The quantitative estimate of drug-likeness (QED) is 0.813. The van der Waals surface area contributed by atoms with Crippen LogP contribution in [0.4, 0.5) is 5.69 Å². The van der Waals surface area contributed by atoms with Crippen LogP contribution in [-0.4, -0.2) is 5.91 Å². The van der Waals surface area contributed by atoms with Crippen LogP contribution < -0.4 is 5.32 Å². The second-order valence-corrected chi connectivity index (χ2v) is 6.16. The molecule has 1 heterocycles. The second kappa shape index (κ2) is 6.08. The second-order valence-electron chi connectivity index (χ2n) is 5.23. The Morgan fingerprint density at radius 3 is 2.76 bits per heavy atom. The van der Waals surface area contributed by atoms with Crippen molar-refractivity contribution in [3.63, 3.8) is 0 Å². The van der Waals surface area contributed by atoms with Crippen molar-refractivity contribution >= 4 is 34.8 Å². The fraction of sp³-hybridized carbons (Fsp3) is 0.235. The lowest BCUT2D eigenvalue weighted by molar-refractivity contribution is -0.116. The van der Waals surface area contributed by atoms with E-state index in [1.807, 2.05) is 36.4 Å². The van der Waals surface area contributed by atoms with Crippen molar-refractivity contribution in [3.05, 3.63) is 64.2 Å². The first-order valence-corrected chi connectivity index (χ1v) is 7.75. The zero-order valence-electron chi connectivity index (χ0n) is 11.4. The van der Waals surface area contributed by atoms with Gasteiger partial charge in [0.15, 0.2) is 0 Å². The van der Waals surface area contributed by atoms with E-state index in [0.717, 1.165) is 33.8 Å². The first kappa shape index (κ1) is 14.4. The Hall–Kier alpha value is -1.51. The van der Waals surface area contributed by atoms with Gasteiger partial charge in [-0.1, -0.05) is 41.9 Å². The number of carbonyl (C=O) groups is 1. The number of nitrogens with one attached hydrogen (secondary N) is 1. The summed E-state index contributed by atoms with van der Waals surface area (Å²) in [5, 5.41) is 3.49. The smallest absolute Gasteiger partial charge is 0.224 e. The summed E-state index contributed by atoms with van der Waals surface area (Å²) in [7, 11) is 0. The Kier molecular flexibility index (Phi) is 4.18. The first-order valence-electron chi connectivity index (χ1n) is 6.93. The highest BCUT2D eigenvalue weighted by molar-refractivity contribution is 6.31. The van der Waals surface area contributed by atoms with Gasteiger partial charge in [0, 0.05) is 17.1 Å². The number of anilines is 1. The van der Waals surface area contributed by atoms with Crippen LogP contribution in [0.1, 0.15) is 28.5 Å². The van der Waals surface area contributed by atoms with E-state index in [0.29, 0.717) is 12.8 Å². The predicted molar refractivity (Wildman–Crippen MR) is 87.1 cm³/mol. The molecule has 0 aromatic heterocycles. The average Bonchev–Trinajstić information content (AvgIpc) is 2.49. The number of amides is 1. The maximum absolute atomic E-state index is 11.4. The molecule has 0 bridgehead atoms. The van der Waals surface area contributed by atoms with Gasteiger partial charge in [0.05, 0.1) is 5.38 Å². The molecular weight excluding hydrogens is 305 g/mol. The minimum atomic E-state index is -0.132. The van der Waals surface area contributed by atoms with Gasteiger partial charge in [0.2, 0.25) is 5.91 Å². The number of hydrogen-bond acceptors (Lipinski definition) is 1. The lowest BCUT2D eigenvalue weighted by Gasteiger charge is -2.19. The zero-order chi connectivity index (χ0) is 14.8. The third-order valence-electron chi connectivity index (χ3n) is 3.74. The summed E-state index contributed by atoms with van der Waals surface area (Å²) in [6.45, 7) is 0. The fourth-order valence-electron chi connectivity index (χ4n) is 2.57. The van der Waals surface area contributed by atoms with Crippen molar-refractivity contribution in [2.45, 2.75) is 24.6 Å². The predicted octanol–water partition coefficient (Wildman–Crippen LogP) is 4.75. The number of fused-ring (bicyclic) bond motifs is 1. The van der Waals surface area contributed by atoms with Crippen molar-refractivity contribution in [1.82, 2.24) is 0 Å². The highest BCUT2D eigenvalue weighted by Gasteiger charge is 2.17. The molecule has 0 fully saturated rings. The zero-order valence-corrected chi connectivity index (χ0v) is 12.9. The molecule has 1 unspecified atom stereocenters. The van der Waals surface area contributed by atoms with Gasteiger partial charge in [-0.2, -0.15) is 0 Å². The molecule has 21 heavy (non-hydrogen) atoms. The third kappa shape index (κ3) is 3.22. The van der Waals surface area contributed by atoms with E-state index in [1.165, 1.54) is 0 Å². The number of halogens is 2. The summed E-state index contributed by atoms with van der Waals surface area (Å²) >= 11 is 12.7. The minimum Gasteiger partial charge on any atom is -0.326 e. The first-order chi connectivity index (χ1) is 10.1. The van der Waals surface area contributed by atoms with Gasteiger partial charge < -0.3 is 5.32 Å². The number of alkyl halides is 1. The molecule has 0 spiro atoms. The van der Waals surface area contributed by atoms with E-state index >= 15 is 0 Å². The van der Waals surface area contributed by atoms with Gasteiger partial charge in [-0.05, 0) is 41.7 Å². The van der Waals surface area contributed by atoms with Crippen LogP contribution >= 0.6 is 23.2 Å². The third-order valence-corrected chi connectivity index (χ3v) is 4.52. The van der Waals surface area contributed by atoms with Gasteiger partial charge in [0.25, 0.3) is 0 Å². The maximum atomic E-state index is 11.4. The van der Waals surface area contributed by atoms with Crippen LogP contribution in [0, 0.1) is 0 Å². The van der Waals surface area contributed by atoms with E-state index < -0.39 is 0 Å². The van der Waals surface area contributed by atoms with Crippen molar-refractivity contribution in [2.24, 2.45) is 0 Å². The molecule has 1 atom stereocenters. The Bertz CT molecular complexity index is 684. The van der Waals surface area contributed by atoms with E-state index in [9.17, 15) is 4.79 Å². The van der Waals surface area contributed by atoms with Gasteiger partial charge >= 0.3 is 0 Å². The topological polar surface area (TPSA) is 29.1 Å². The van der Waals surface area contributed by atoms with E-state index in [2.05, 4.69) is 11.4 Å².